The molecule has 4 aromatic carbocycles. The second-order valence-corrected chi connectivity index (χ2v) is 11.9. The van der Waals surface area contributed by atoms with Crippen LogP contribution in [0.1, 0.15) is 27.0 Å². The number of hydrazone groups is 1. The number of anilines is 2. The van der Waals surface area contributed by atoms with Gasteiger partial charge < -0.3 is 10.1 Å². The summed E-state index contributed by atoms with van der Waals surface area (Å²) in [6.45, 7) is 2.29. The van der Waals surface area contributed by atoms with Crippen LogP contribution in [0.5, 0.6) is 5.75 Å². The molecule has 6 nitrogen and oxygen atoms in total. The first kappa shape index (κ1) is 28.9. The fraction of sp³-hybridized carbons (Fsp3) is 0.0645. The highest BCUT2D eigenvalue weighted by Gasteiger charge is 2.11. The maximum Gasteiger partial charge on any atom is 0.271 e. The first-order valence-electron chi connectivity index (χ1n) is 12.4. The Hall–Kier alpha value is -3.61. The molecule has 5 aromatic rings. The van der Waals surface area contributed by atoms with Crippen molar-refractivity contribution < 1.29 is 13.9 Å². The number of aryl methyl sites for hydroxylation is 1. The van der Waals surface area contributed by atoms with Gasteiger partial charge in [-0.3, -0.25) is 4.79 Å². The Balaban J connectivity index is 1.16. The number of aromatic nitrogens is 1. The molecule has 10 heteroatoms. The number of hydrogen-bond acceptors (Lipinski definition) is 6. The number of nitrogens with one attached hydrogen (secondary N) is 2. The predicted molar refractivity (Wildman–Crippen MR) is 175 cm³/mol. The highest BCUT2D eigenvalue weighted by Crippen LogP contribution is 2.32. The number of carbonyl (C=O) groups is 1. The van der Waals surface area contributed by atoms with Gasteiger partial charge in [-0.2, -0.15) is 5.10 Å². The van der Waals surface area contributed by atoms with Crippen molar-refractivity contribution >= 4 is 72.8 Å². The molecule has 206 valence electrons. The Morgan fingerprint density at radius 3 is 2.61 bits per heavy atom. The Kier molecular flexibility index (Phi) is 9.42. The Morgan fingerprint density at radius 2 is 1.88 bits per heavy atom. The van der Waals surface area contributed by atoms with Gasteiger partial charge in [0.1, 0.15) is 18.2 Å². The first-order valence-corrected chi connectivity index (χ1v) is 15.2. The van der Waals surface area contributed by atoms with Gasteiger partial charge in [0.05, 0.1) is 20.0 Å². The third-order valence-corrected chi connectivity index (χ3v) is 8.07. The van der Waals surface area contributed by atoms with E-state index in [1.54, 1.807) is 30.5 Å². The van der Waals surface area contributed by atoms with Gasteiger partial charge in [-0.25, -0.2) is 14.8 Å². The molecular formula is C31H23BrFIN4O2S. The van der Waals surface area contributed by atoms with E-state index in [0.717, 1.165) is 41.2 Å². The lowest BCUT2D eigenvalue weighted by molar-refractivity contribution is 0.0955. The average Bonchev–Trinajstić information content (AvgIpc) is 3.42. The molecule has 0 aliphatic heterocycles. The molecule has 1 aromatic heterocycles. The van der Waals surface area contributed by atoms with E-state index in [1.807, 2.05) is 53.9 Å². The molecule has 0 fully saturated rings. The van der Waals surface area contributed by atoms with Gasteiger partial charge in [0, 0.05) is 22.2 Å². The van der Waals surface area contributed by atoms with Crippen LogP contribution in [0.2, 0.25) is 0 Å². The Labute approximate surface area is 263 Å². The van der Waals surface area contributed by atoms with Crippen molar-refractivity contribution in [2.45, 2.75) is 13.5 Å². The summed E-state index contributed by atoms with van der Waals surface area (Å²) in [7, 11) is 0. The first-order chi connectivity index (χ1) is 19.8. The van der Waals surface area contributed by atoms with E-state index in [1.165, 1.54) is 29.0 Å². The van der Waals surface area contributed by atoms with E-state index in [4.69, 9.17) is 4.74 Å². The molecule has 41 heavy (non-hydrogen) atoms. The lowest BCUT2D eigenvalue weighted by Crippen LogP contribution is -2.17. The highest BCUT2D eigenvalue weighted by molar-refractivity contribution is 14.1. The lowest BCUT2D eigenvalue weighted by Gasteiger charge is -2.11. The summed E-state index contributed by atoms with van der Waals surface area (Å²) in [5.74, 6) is 0.0236. The van der Waals surface area contributed by atoms with Gasteiger partial charge in [-0.15, -0.1) is 11.3 Å². The molecule has 0 atom stereocenters. The number of rotatable bonds is 9. The molecule has 0 saturated carbocycles. The van der Waals surface area contributed by atoms with Crippen LogP contribution in [-0.4, -0.2) is 17.1 Å². The molecule has 0 radical (unpaired) electrons. The Bertz CT molecular complexity index is 1690. The van der Waals surface area contributed by atoms with Crippen LogP contribution < -0.4 is 15.5 Å². The number of nitrogens with zero attached hydrogens (tertiary/aromatic N) is 2. The topological polar surface area (TPSA) is 75.6 Å². The predicted octanol–water partition coefficient (Wildman–Crippen LogP) is 8.71. The minimum atomic E-state index is -0.323. The van der Waals surface area contributed by atoms with Crippen molar-refractivity contribution in [3.8, 4) is 17.0 Å². The summed E-state index contributed by atoms with van der Waals surface area (Å²) in [5, 5.41) is 10.2. The van der Waals surface area contributed by atoms with Crippen LogP contribution in [-0.2, 0) is 6.61 Å². The molecule has 0 bridgehead atoms. The maximum atomic E-state index is 13.4. The van der Waals surface area contributed by atoms with Crippen LogP contribution in [0.15, 0.2) is 99.9 Å². The molecule has 0 aliphatic rings. The largest absolute Gasteiger partial charge is 0.487 e. The zero-order valence-electron chi connectivity index (χ0n) is 21.7. The third kappa shape index (κ3) is 7.78. The number of hydrogen-bond donors (Lipinski definition) is 2. The summed E-state index contributed by atoms with van der Waals surface area (Å²) in [5.41, 5.74) is 8.49. The highest BCUT2D eigenvalue weighted by atomic mass is 127. The Morgan fingerprint density at radius 1 is 1.10 bits per heavy atom. The van der Waals surface area contributed by atoms with Crippen molar-refractivity contribution in [2.75, 3.05) is 5.32 Å². The minimum absolute atomic E-state index is 0.239. The van der Waals surface area contributed by atoms with E-state index in [0.29, 0.717) is 11.3 Å². The zero-order valence-corrected chi connectivity index (χ0v) is 26.3. The van der Waals surface area contributed by atoms with Crippen LogP contribution in [0.3, 0.4) is 0 Å². The lowest BCUT2D eigenvalue weighted by atomic mass is 10.1. The number of halogens is 3. The van der Waals surface area contributed by atoms with Crippen molar-refractivity contribution in [1.82, 2.24) is 10.4 Å². The van der Waals surface area contributed by atoms with Gasteiger partial charge in [0.15, 0.2) is 5.13 Å². The summed E-state index contributed by atoms with van der Waals surface area (Å²) in [6, 6.07) is 25.4. The summed E-state index contributed by atoms with van der Waals surface area (Å²) in [4.78, 5) is 17.3. The molecule has 1 amide bonds. The van der Waals surface area contributed by atoms with Gasteiger partial charge in [-0.1, -0.05) is 42.0 Å². The second kappa shape index (κ2) is 13.4. The van der Waals surface area contributed by atoms with E-state index < -0.39 is 0 Å². The maximum absolute atomic E-state index is 13.4. The molecular weight excluding hydrogens is 718 g/mol. The average molecular weight is 741 g/mol. The molecule has 0 saturated heterocycles. The SMILES string of the molecule is Cc1ccc(Nc2nc(-c3ccc(C(=O)N/N=C\c4cc(Br)c(OCc5cccc(F)c5)c(I)c4)cc3)cs2)cc1. The van der Waals surface area contributed by atoms with E-state index >= 15 is 0 Å². The van der Waals surface area contributed by atoms with Crippen LogP contribution >= 0.6 is 49.9 Å². The second-order valence-electron chi connectivity index (χ2n) is 9.04. The monoisotopic (exact) mass is 740 g/mol. The number of amides is 1. The number of ether oxygens (including phenoxy) is 1. The smallest absolute Gasteiger partial charge is 0.271 e. The fourth-order valence-corrected chi connectivity index (χ4v) is 6.33. The number of thiazole rings is 1. The van der Waals surface area contributed by atoms with Gasteiger partial charge in [0.25, 0.3) is 5.91 Å². The molecule has 0 unspecified atom stereocenters. The van der Waals surface area contributed by atoms with E-state index in [-0.39, 0.29) is 18.3 Å². The molecule has 0 aliphatic carbocycles. The molecule has 2 N–H and O–H groups in total. The van der Waals surface area contributed by atoms with Crippen LogP contribution in [0.25, 0.3) is 11.3 Å². The summed E-state index contributed by atoms with van der Waals surface area (Å²) >= 11 is 7.22. The number of benzene rings is 4. The van der Waals surface area contributed by atoms with E-state index in [2.05, 4.69) is 66.3 Å². The zero-order chi connectivity index (χ0) is 28.8. The van der Waals surface area contributed by atoms with Crippen LogP contribution in [0, 0.1) is 16.3 Å². The minimum Gasteiger partial charge on any atom is -0.487 e. The van der Waals surface area contributed by atoms with Gasteiger partial charge in [-0.05, 0) is 105 Å². The molecule has 5 rings (SSSR count). The third-order valence-electron chi connectivity index (χ3n) is 5.92. The van der Waals surface area contributed by atoms with E-state index in [9.17, 15) is 9.18 Å². The molecule has 0 spiro atoms. The standard InChI is InChI=1S/C31H23BrFIN4O2S/c1-19-5-11-25(12-6-19)36-31-37-28(18-41-31)22-7-9-23(10-8-22)30(39)38-35-16-21-14-26(32)29(27(34)15-21)40-17-20-3-2-4-24(33)13-20/h2-16,18H,17H2,1H3,(H,36,37)(H,38,39)/b35-16-. The quantitative estimate of drug-likeness (QED) is 0.0901. The summed E-state index contributed by atoms with van der Waals surface area (Å²) < 4.78 is 20.9. The van der Waals surface area contributed by atoms with Gasteiger partial charge >= 0.3 is 0 Å². The summed E-state index contributed by atoms with van der Waals surface area (Å²) in [6.07, 6.45) is 1.56. The van der Waals surface area contributed by atoms with Crippen molar-refractivity contribution in [2.24, 2.45) is 5.10 Å². The van der Waals surface area contributed by atoms with Crippen molar-refractivity contribution in [1.29, 1.82) is 0 Å². The van der Waals surface area contributed by atoms with Crippen LogP contribution in [0.4, 0.5) is 15.2 Å². The fourth-order valence-electron chi connectivity index (χ4n) is 3.82. The van der Waals surface area contributed by atoms with Crippen molar-refractivity contribution in [3.05, 3.63) is 126 Å². The van der Waals surface area contributed by atoms with Crippen molar-refractivity contribution in [3.63, 3.8) is 0 Å². The normalized spacial score (nSPS) is 11.0. The van der Waals surface area contributed by atoms with Gasteiger partial charge in [0.2, 0.25) is 0 Å². The number of carbonyl (C=O) groups excluding carboxylic acids is 1. The molecule has 1 heterocycles.